The molecule has 2 unspecified atom stereocenters. The molecule has 0 saturated heterocycles. The Balaban J connectivity index is 0.00000506. The van der Waals surface area contributed by atoms with Crippen LogP contribution in [0.2, 0.25) is 5.04 Å². The molecule has 1 aliphatic carbocycles. The molecule has 0 radical (unpaired) electrons. The van der Waals surface area contributed by atoms with E-state index in [0.29, 0.717) is 0 Å². The van der Waals surface area contributed by atoms with Crippen LogP contribution in [0.15, 0.2) is 71.3 Å². The molecule has 0 spiro atoms. The minimum atomic E-state index is -2.83. The second-order valence-corrected chi connectivity index (χ2v) is 19.5. The molecule has 0 fully saturated rings. The first-order chi connectivity index (χ1) is 19.4. The van der Waals surface area contributed by atoms with Gasteiger partial charge in [-0.3, -0.25) is 6.08 Å². The number of allylic oxidation sites excluding steroid dienone is 4. The zero-order chi connectivity index (χ0) is 31.4. The zero-order valence-corrected chi connectivity index (χ0v) is 35.6. The van der Waals surface area contributed by atoms with E-state index in [1.807, 2.05) is 0 Å². The molecular weight excluding hydrogens is 675 g/mol. The van der Waals surface area contributed by atoms with Gasteiger partial charge in [-0.25, -0.2) is 5.57 Å². The first-order valence-electron chi connectivity index (χ1n) is 16.1. The minimum Gasteiger partial charge on any atom is -1.00 e. The van der Waals surface area contributed by atoms with Crippen LogP contribution in [-0.2, 0) is 45.4 Å². The first-order valence-corrected chi connectivity index (χ1v) is 18.1. The average Bonchev–Trinajstić information content (AvgIpc) is 3.09. The molecule has 0 nitrogen and oxygen atoms in total. The van der Waals surface area contributed by atoms with Crippen molar-refractivity contribution in [3.8, 4) is 0 Å². The van der Waals surface area contributed by atoms with Crippen LogP contribution in [0.4, 0.5) is 0 Å². The van der Waals surface area contributed by atoms with Crippen molar-refractivity contribution in [3.63, 3.8) is 0 Å². The summed E-state index contributed by atoms with van der Waals surface area (Å²) in [7, 11) is -2.83. The van der Waals surface area contributed by atoms with Crippen molar-refractivity contribution >= 4 is 23.6 Å². The Morgan fingerprint density at radius 2 is 0.978 bits per heavy atom. The van der Waals surface area contributed by atoms with E-state index in [1.54, 1.807) is 0 Å². The van der Waals surface area contributed by atoms with Crippen molar-refractivity contribution < 1.29 is 58.9 Å². The van der Waals surface area contributed by atoms with Crippen LogP contribution in [0, 0.1) is 19.9 Å². The molecule has 2 atom stereocenters. The fourth-order valence-corrected chi connectivity index (χ4v) is 13.5. The van der Waals surface area contributed by atoms with Crippen molar-refractivity contribution in [1.82, 2.24) is 0 Å². The maximum absolute atomic E-state index is 4.20. The molecule has 248 valence electrons. The van der Waals surface area contributed by atoms with Gasteiger partial charge in [-0.05, 0) is 75.3 Å². The molecule has 3 aromatic carbocycles. The van der Waals surface area contributed by atoms with E-state index < -0.39 is 8.07 Å². The van der Waals surface area contributed by atoms with Crippen LogP contribution in [-0.4, -0.2) is 8.07 Å². The third-order valence-electron chi connectivity index (χ3n) is 10.1. The number of hydrogen-bond acceptors (Lipinski definition) is 0. The summed E-state index contributed by atoms with van der Waals surface area (Å²) < 4.78 is 0. The Morgan fingerprint density at radius 1 is 0.587 bits per heavy atom. The fraction of sp³-hybridized carbons (Fsp3) is 0.463. The van der Waals surface area contributed by atoms with Crippen LogP contribution in [0.25, 0.3) is 0 Å². The Morgan fingerprint density at radius 3 is 1.33 bits per heavy atom. The molecular formula is C41H55Cl3SiTi. The third-order valence-corrected chi connectivity index (χ3v) is 15.6. The molecule has 3 aromatic rings. The fourth-order valence-electron chi connectivity index (χ4n) is 7.25. The topological polar surface area (TPSA) is 0 Å². The molecule has 5 heteroatoms. The summed E-state index contributed by atoms with van der Waals surface area (Å²) in [4.78, 5) is 0. The summed E-state index contributed by atoms with van der Waals surface area (Å²) in [5.74, 6) is 0. The largest absolute Gasteiger partial charge is 4.00 e. The molecule has 0 heterocycles. The Bertz CT molecular complexity index is 1510. The van der Waals surface area contributed by atoms with E-state index in [9.17, 15) is 0 Å². The van der Waals surface area contributed by atoms with Crippen molar-refractivity contribution in [1.29, 1.82) is 0 Å². The van der Waals surface area contributed by atoms with Crippen LogP contribution in [0.3, 0.4) is 0 Å². The van der Waals surface area contributed by atoms with E-state index in [0.717, 1.165) is 12.8 Å². The maximum Gasteiger partial charge on any atom is 4.00 e. The SMILES string of the molecule is CCc1cc(CC)cc([Si](c2cc(C)cc(C)c2)(c2cc(C(C)(C)C)cc(C(C)(C)C)c2)C2(C)[C-]=C(C)C(C)=C2C)c1.[Cl-].[Cl-].[Cl-].[Ti+4]. The number of halogens is 3. The van der Waals surface area contributed by atoms with E-state index in [2.05, 4.69) is 158 Å². The smallest absolute Gasteiger partial charge is 1.00 e. The van der Waals surface area contributed by atoms with E-state index in [1.165, 1.54) is 65.7 Å². The molecule has 0 aliphatic heterocycles. The predicted octanol–water partition coefficient (Wildman–Crippen LogP) is 0.363. The number of rotatable bonds is 6. The second-order valence-electron chi connectivity index (χ2n) is 15.3. The van der Waals surface area contributed by atoms with Crippen LogP contribution in [0.1, 0.15) is 116 Å². The average molecular weight is 730 g/mol. The van der Waals surface area contributed by atoms with Gasteiger partial charge in [-0.15, -0.1) is 6.92 Å². The summed E-state index contributed by atoms with van der Waals surface area (Å²) >= 11 is 0. The molecule has 0 bridgehead atoms. The Labute approximate surface area is 316 Å². The Hall–Kier alpha value is -1.06. The molecule has 0 aromatic heterocycles. The van der Waals surface area contributed by atoms with Gasteiger partial charge < -0.3 is 37.2 Å². The first kappa shape index (κ1) is 44.9. The van der Waals surface area contributed by atoms with Crippen molar-refractivity contribution in [3.05, 3.63) is 111 Å². The van der Waals surface area contributed by atoms with Crippen LogP contribution in [0.5, 0.6) is 0 Å². The summed E-state index contributed by atoms with van der Waals surface area (Å²) in [6, 6.07) is 22.7. The summed E-state index contributed by atoms with van der Waals surface area (Å²) in [6.45, 7) is 32.9. The third kappa shape index (κ3) is 8.04. The van der Waals surface area contributed by atoms with Gasteiger partial charge in [0.25, 0.3) is 0 Å². The molecule has 1 aliphatic rings. The van der Waals surface area contributed by atoms with Gasteiger partial charge in [0, 0.05) is 0 Å². The second kappa shape index (κ2) is 16.1. The standard InChI is InChI=1S/C41H55Si.3ClH.Ti/c1-15-32-20-33(16-2)22-37(21-32)42(36-18-27(3)17-28(4)19-36,41(14)26-29(5)30(6)31(41)7)38-24-34(39(8,9)10)23-35(25-38)40(11,12)13;;;;/h17-25H,15-16H2,1-14H3;3*1H;/q-1;;;;+4/p-3. The van der Waals surface area contributed by atoms with Crippen molar-refractivity contribution in [2.24, 2.45) is 0 Å². The Kier molecular flexibility index (Phi) is 15.7. The van der Waals surface area contributed by atoms with Gasteiger partial charge in [0.2, 0.25) is 0 Å². The number of benzene rings is 3. The van der Waals surface area contributed by atoms with Crippen LogP contribution < -0.4 is 52.8 Å². The van der Waals surface area contributed by atoms with Crippen LogP contribution >= 0.6 is 0 Å². The summed E-state index contributed by atoms with van der Waals surface area (Å²) in [6.07, 6.45) is 6.28. The minimum absolute atomic E-state index is 0. The normalized spacial score (nSPS) is 17.6. The predicted molar refractivity (Wildman–Crippen MR) is 189 cm³/mol. The molecule has 0 saturated carbocycles. The number of aryl methyl sites for hydroxylation is 4. The number of hydrogen-bond donors (Lipinski definition) is 0. The van der Waals surface area contributed by atoms with E-state index in [4.69, 9.17) is 0 Å². The molecule has 0 N–H and O–H groups in total. The summed E-state index contributed by atoms with van der Waals surface area (Å²) in [5.41, 5.74) is 12.7. The van der Waals surface area contributed by atoms with Gasteiger partial charge in [0.15, 0.2) is 0 Å². The maximum atomic E-state index is 4.20. The van der Waals surface area contributed by atoms with Crippen molar-refractivity contribution in [2.75, 3.05) is 0 Å². The zero-order valence-electron chi connectivity index (χ0n) is 30.7. The molecule has 46 heavy (non-hydrogen) atoms. The van der Waals surface area contributed by atoms with Gasteiger partial charge in [0.05, 0.1) is 0 Å². The molecule has 0 amide bonds. The van der Waals surface area contributed by atoms with Gasteiger partial charge >= 0.3 is 21.7 Å². The van der Waals surface area contributed by atoms with E-state index >= 15 is 0 Å². The van der Waals surface area contributed by atoms with Gasteiger partial charge in [-0.1, -0.05) is 147 Å². The van der Waals surface area contributed by atoms with Crippen molar-refractivity contribution in [2.45, 2.75) is 126 Å². The van der Waals surface area contributed by atoms with Gasteiger partial charge in [0.1, 0.15) is 8.07 Å². The quantitative estimate of drug-likeness (QED) is 0.196. The van der Waals surface area contributed by atoms with E-state index in [-0.39, 0.29) is 74.8 Å². The van der Waals surface area contributed by atoms with Gasteiger partial charge in [-0.2, -0.15) is 11.1 Å². The monoisotopic (exact) mass is 728 g/mol. The summed E-state index contributed by atoms with van der Waals surface area (Å²) in [5, 5.41) is 4.28. The molecule has 4 rings (SSSR count).